The summed E-state index contributed by atoms with van der Waals surface area (Å²) in [5, 5.41) is 2.47. The maximum atomic E-state index is 14.4. The number of benzene rings is 1. The summed E-state index contributed by atoms with van der Waals surface area (Å²) < 4.78 is 64.8. The van der Waals surface area contributed by atoms with Gasteiger partial charge in [-0.2, -0.15) is 13.2 Å². The molecule has 2 aromatic heterocycles. The van der Waals surface area contributed by atoms with Crippen molar-refractivity contribution in [2.45, 2.75) is 38.5 Å². The molecule has 8 nitrogen and oxygen atoms in total. The van der Waals surface area contributed by atoms with Gasteiger partial charge in [-0.1, -0.05) is 6.07 Å². The van der Waals surface area contributed by atoms with E-state index in [0.29, 0.717) is 36.5 Å². The molecule has 3 aromatic rings. The smallest absolute Gasteiger partial charge is 0.436 e. The molecule has 204 valence electrons. The lowest BCUT2D eigenvalue weighted by molar-refractivity contribution is -0.143. The zero-order chi connectivity index (χ0) is 27.9. The molecule has 39 heavy (non-hydrogen) atoms. The van der Waals surface area contributed by atoms with Crippen LogP contribution in [0.1, 0.15) is 46.4 Å². The average Bonchev–Trinajstić information content (AvgIpc) is 3.02. The van der Waals surface area contributed by atoms with Crippen molar-refractivity contribution in [1.82, 2.24) is 9.97 Å². The summed E-state index contributed by atoms with van der Waals surface area (Å²) in [6, 6.07) is 7.75. The lowest BCUT2D eigenvalue weighted by atomic mass is 9.87. The molecular formula is C27H24F4N4O4. The molecule has 0 bridgehead atoms. The maximum absolute atomic E-state index is 14.4. The topological polar surface area (TPSA) is 93.7 Å². The molecule has 5 rings (SSSR count). The molecule has 4 heterocycles. The van der Waals surface area contributed by atoms with Gasteiger partial charge < -0.3 is 14.8 Å². The number of nitrogens with one attached hydrogen (secondary N) is 1. The average molecular weight is 545 g/mol. The first-order valence-electron chi connectivity index (χ1n) is 12.3. The van der Waals surface area contributed by atoms with Crippen LogP contribution in [0.2, 0.25) is 0 Å². The first-order chi connectivity index (χ1) is 18.6. The third-order valence-corrected chi connectivity index (χ3v) is 6.85. The lowest BCUT2D eigenvalue weighted by Crippen LogP contribution is -2.36. The lowest BCUT2D eigenvalue weighted by Gasteiger charge is -2.29. The predicted octanol–water partition coefficient (Wildman–Crippen LogP) is 5.71. The number of aromatic nitrogens is 2. The van der Waals surface area contributed by atoms with Crippen LogP contribution in [0, 0.1) is 12.7 Å². The molecule has 0 spiro atoms. The molecule has 2 aliphatic heterocycles. The number of alkyl halides is 3. The Morgan fingerprint density at radius 3 is 2.74 bits per heavy atom. The summed E-state index contributed by atoms with van der Waals surface area (Å²) in [7, 11) is 0. The number of aryl methyl sites for hydroxylation is 1. The fourth-order valence-electron chi connectivity index (χ4n) is 4.89. The SMILES string of the molecule is CCN1C(=O)O[C@@H]2COCC[C@@H]2c2cc(-c3cc(NC(=O)c4ccnc(C(F)(F)F)c4F)ccc3C)cnc21. The minimum atomic E-state index is -5.04. The van der Waals surface area contributed by atoms with Crippen molar-refractivity contribution in [2.75, 3.05) is 30.0 Å². The van der Waals surface area contributed by atoms with Crippen molar-refractivity contribution >= 4 is 23.5 Å². The van der Waals surface area contributed by atoms with E-state index in [9.17, 15) is 27.2 Å². The standard InChI is InChI=1S/C27H24F4N4O4/c1-3-35-24-20(17-7-9-38-13-21(17)39-26(35)37)10-15(12-33-24)19-11-16(5-4-14(19)2)34-25(36)18-6-8-32-23(22(18)28)27(29,30)31/h4-6,8,10-12,17,21H,3,7,9,13H2,1-2H3,(H,34,36)/t17-,21-/m1/s1. The summed E-state index contributed by atoms with van der Waals surface area (Å²) in [5.41, 5.74) is 0.775. The molecule has 1 saturated heterocycles. The van der Waals surface area contributed by atoms with Crippen molar-refractivity contribution in [1.29, 1.82) is 0 Å². The van der Waals surface area contributed by atoms with Crippen molar-refractivity contribution < 1.29 is 36.6 Å². The summed E-state index contributed by atoms with van der Waals surface area (Å²) in [6.07, 6.45) is -3.00. The van der Waals surface area contributed by atoms with Crippen LogP contribution in [0.4, 0.5) is 33.9 Å². The zero-order valence-electron chi connectivity index (χ0n) is 21.0. The predicted molar refractivity (Wildman–Crippen MR) is 133 cm³/mol. The van der Waals surface area contributed by atoms with E-state index in [1.807, 2.05) is 19.9 Å². The van der Waals surface area contributed by atoms with Gasteiger partial charge in [0.2, 0.25) is 0 Å². The van der Waals surface area contributed by atoms with Crippen molar-refractivity contribution in [3.63, 3.8) is 0 Å². The van der Waals surface area contributed by atoms with Crippen LogP contribution in [0.3, 0.4) is 0 Å². The van der Waals surface area contributed by atoms with Crippen molar-refractivity contribution in [2.24, 2.45) is 0 Å². The molecular weight excluding hydrogens is 520 g/mol. The summed E-state index contributed by atoms with van der Waals surface area (Å²) in [5.74, 6) is -2.40. The first kappa shape index (κ1) is 26.5. The van der Waals surface area contributed by atoms with Crippen molar-refractivity contribution in [3.8, 4) is 11.1 Å². The van der Waals surface area contributed by atoms with Gasteiger partial charge in [0, 0.05) is 48.3 Å². The van der Waals surface area contributed by atoms with Crippen LogP contribution in [0.15, 0.2) is 42.7 Å². The van der Waals surface area contributed by atoms with E-state index in [0.717, 1.165) is 23.4 Å². The number of fused-ring (bicyclic) bond motifs is 3. The molecule has 1 N–H and O–H groups in total. The normalized spacial score (nSPS) is 19.0. The number of nitrogens with zero attached hydrogens (tertiary/aromatic N) is 3. The molecule has 0 saturated carbocycles. The number of rotatable bonds is 4. The Balaban J connectivity index is 1.50. The fraction of sp³-hybridized carbons (Fsp3) is 0.333. The molecule has 0 radical (unpaired) electrons. The van der Waals surface area contributed by atoms with Crippen LogP contribution >= 0.6 is 0 Å². The summed E-state index contributed by atoms with van der Waals surface area (Å²) in [4.78, 5) is 34.5. The van der Waals surface area contributed by atoms with Crippen molar-refractivity contribution in [3.05, 3.63) is 70.9 Å². The summed E-state index contributed by atoms with van der Waals surface area (Å²) >= 11 is 0. The minimum absolute atomic E-state index is 0.123. The highest BCUT2D eigenvalue weighted by Gasteiger charge is 2.39. The second-order valence-corrected chi connectivity index (χ2v) is 9.28. The Morgan fingerprint density at radius 2 is 2.00 bits per heavy atom. The number of ether oxygens (including phenoxy) is 2. The molecule has 2 amide bonds. The van der Waals surface area contributed by atoms with Crippen LogP contribution in [-0.2, 0) is 15.7 Å². The monoisotopic (exact) mass is 544 g/mol. The molecule has 0 aliphatic carbocycles. The maximum Gasteiger partial charge on any atom is 0.436 e. The highest BCUT2D eigenvalue weighted by atomic mass is 19.4. The van der Waals surface area contributed by atoms with E-state index in [1.165, 1.54) is 4.90 Å². The number of amides is 2. The van der Waals surface area contributed by atoms with E-state index in [4.69, 9.17) is 9.47 Å². The van der Waals surface area contributed by atoms with Gasteiger partial charge >= 0.3 is 12.3 Å². The number of carbonyl (C=O) groups is 2. The second-order valence-electron chi connectivity index (χ2n) is 9.28. The van der Waals surface area contributed by atoms with Gasteiger partial charge in [0.1, 0.15) is 11.9 Å². The molecule has 1 fully saturated rings. The van der Waals surface area contributed by atoms with Gasteiger partial charge in [-0.3, -0.25) is 9.69 Å². The van der Waals surface area contributed by atoms with E-state index in [-0.39, 0.29) is 18.2 Å². The van der Waals surface area contributed by atoms with Crippen LogP contribution in [-0.4, -0.2) is 47.8 Å². The van der Waals surface area contributed by atoms with E-state index < -0.39 is 41.4 Å². The number of hydrogen-bond acceptors (Lipinski definition) is 6. The quantitative estimate of drug-likeness (QED) is 0.423. The van der Waals surface area contributed by atoms with Gasteiger partial charge in [-0.25, -0.2) is 19.2 Å². The largest absolute Gasteiger partial charge is 0.443 e. The molecule has 2 aliphatic rings. The molecule has 0 unspecified atom stereocenters. The second kappa shape index (κ2) is 10.3. The van der Waals surface area contributed by atoms with Gasteiger partial charge in [0.05, 0.1) is 12.2 Å². The molecule has 12 heteroatoms. The number of carbonyl (C=O) groups excluding carboxylic acids is 2. The van der Waals surface area contributed by atoms with Crippen LogP contribution in [0.5, 0.6) is 0 Å². The number of pyridine rings is 2. The Hall–Kier alpha value is -4.06. The highest BCUT2D eigenvalue weighted by Crippen LogP contribution is 2.40. The minimum Gasteiger partial charge on any atom is -0.443 e. The highest BCUT2D eigenvalue weighted by molar-refractivity contribution is 6.04. The fourth-order valence-corrected chi connectivity index (χ4v) is 4.89. The van der Waals surface area contributed by atoms with Crippen LogP contribution in [0.25, 0.3) is 11.1 Å². The zero-order valence-corrected chi connectivity index (χ0v) is 21.0. The number of halogens is 4. The third-order valence-electron chi connectivity index (χ3n) is 6.85. The van der Waals surface area contributed by atoms with E-state index >= 15 is 0 Å². The third kappa shape index (κ3) is 5.03. The number of anilines is 2. The van der Waals surface area contributed by atoms with E-state index in [1.54, 1.807) is 24.4 Å². The van der Waals surface area contributed by atoms with E-state index in [2.05, 4.69) is 15.3 Å². The Bertz CT molecular complexity index is 1450. The Morgan fingerprint density at radius 1 is 1.21 bits per heavy atom. The first-order valence-corrected chi connectivity index (χ1v) is 12.3. The Labute approximate surface area is 221 Å². The van der Waals surface area contributed by atoms with Gasteiger partial charge in [-0.05, 0) is 55.7 Å². The van der Waals surface area contributed by atoms with Crippen LogP contribution < -0.4 is 10.2 Å². The molecule has 1 aromatic carbocycles. The van der Waals surface area contributed by atoms with Gasteiger partial charge in [-0.15, -0.1) is 0 Å². The van der Waals surface area contributed by atoms with Gasteiger partial charge in [0.15, 0.2) is 11.5 Å². The number of hydrogen-bond donors (Lipinski definition) is 1. The Kier molecular flexibility index (Phi) is 6.98. The molecule has 2 atom stereocenters. The van der Waals surface area contributed by atoms with Gasteiger partial charge in [0.25, 0.3) is 5.91 Å². The summed E-state index contributed by atoms with van der Waals surface area (Å²) in [6.45, 7) is 4.83.